The van der Waals surface area contributed by atoms with Gasteiger partial charge in [-0.25, -0.2) is 19.0 Å². The van der Waals surface area contributed by atoms with Crippen LogP contribution in [0.5, 0.6) is 11.5 Å². The number of nitrogens with one attached hydrogen (secondary N) is 1. The molecular formula is C43H43FN10O5. The minimum atomic E-state index is -1.09. The molecule has 4 fully saturated rings. The van der Waals surface area contributed by atoms with Crippen LogP contribution in [-0.4, -0.2) is 115 Å². The first-order valence-corrected chi connectivity index (χ1v) is 20.3. The Bertz CT molecular complexity index is 2470. The molecule has 302 valence electrons. The van der Waals surface area contributed by atoms with Crippen molar-refractivity contribution >= 4 is 46.2 Å². The molecule has 0 bridgehead atoms. The number of para-hydroxylation sites is 1. The van der Waals surface area contributed by atoms with Gasteiger partial charge >= 0.3 is 0 Å². The van der Waals surface area contributed by atoms with Gasteiger partial charge in [0.2, 0.25) is 11.8 Å². The average Bonchev–Trinajstić information content (AvgIpc) is 3.73. The molecule has 16 heteroatoms. The first-order valence-electron chi connectivity index (χ1n) is 20.3. The SMILES string of the molecule is Nc1ncnc2c1c(-c1ccc(Oc3ccccc3)cc1)nn2C1CCN(C2CCN(C3CN(c4cc5c(cc4F)C(=O)N(C4CCC(=O)NC4=O)C5=O)C3)CC2)CC1. The number of rotatable bonds is 8. The highest BCUT2D eigenvalue weighted by atomic mass is 19.1. The summed E-state index contributed by atoms with van der Waals surface area (Å²) < 4.78 is 23.5. The maximum Gasteiger partial charge on any atom is 0.262 e. The van der Waals surface area contributed by atoms with Crippen molar-refractivity contribution in [2.24, 2.45) is 0 Å². The maximum absolute atomic E-state index is 15.4. The topological polar surface area (TPSA) is 172 Å². The summed E-state index contributed by atoms with van der Waals surface area (Å²) in [6.45, 7) is 5.03. The quantitative estimate of drug-likeness (QED) is 0.213. The zero-order valence-corrected chi connectivity index (χ0v) is 32.3. The molecule has 7 heterocycles. The van der Waals surface area contributed by atoms with Crippen molar-refractivity contribution in [3.8, 4) is 22.8 Å². The van der Waals surface area contributed by atoms with E-state index in [1.54, 1.807) is 0 Å². The number of hydrogen-bond donors (Lipinski definition) is 2. The van der Waals surface area contributed by atoms with Crippen molar-refractivity contribution in [2.75, 3.05) is 49.9 Å². The second-order valence-electron chi connectivity index (χ2n) is 16.1. The number of likely N-dealkylation sites (tertiary alicyclic amines) is 2. The number of nitrogens with zero attached hydrogens (tertiary/aromatic N) is 8. The van der Waals surface area contributed by atoms with Crippen molar-refractivity contribution < 1.29 is 28.3 Å². The number of imide groups is 2. The predicted molar refractivity (Wildman–Crippen MR) is 215 cm³/mol. The first-order chi connectivity index (χ1) is 28.7. The lowest BCUT2D eigenvalue weighted by Crippen LogP contribution is -2.62. The van der Waals surface area contributed by atoms with Gasteiger partial charge < -0.3 is 20.3 Å². The van der Waals surface area contributed by atoms with E-state index >= 15 is 4.39 Å². The maximum atomic E-state index is 15.4. The van der Waals surface area contributed by atoms with Gasteiger partial charge in [-0.15, -0.1) is 0 Å². The number of aromatic nitrogens is 4. The Kier molecular flexibility index (Phi) is 9.32. The molecule has 0 spiro atoms. The number of fused-ring (bicyclic) bond motifs is 2. The van der Waals surface area contributed by atoms with Crippen molar-refractivity contribution in [1.29, 1.82) is 0 Å². The third-order valence-electron chi connectivity index (χ3n) is 12.7. The van der Waals surface area contributed by atoms with E-state index in [2.05, 4.69) is 25.1 Å². The third-order valence-corrected chi connectivity index (χ3v) is 12.7. The van der Waals surface area contributed by atoms with Gasteiger partial charge in [0.05, 0.1) is 28.2 Å². The van der Waals surface area contributed by atoms with Crippen molar-refractivity contribution in [2.45, 2.75) is 62.7 Å². The fourth-order valence-electron chi connectivity index (χ4n) is 9.47. The van der Waals surface area contributed by atoms with E-state index in [4.69, 9.17) is 15.6 Å². The van der Waals surface area contributed by atoms with E-state index in [0.717, 1.165) is 96.6 Å². The number of amides is 4. The Morgan fingerprint density at radius 3 is 2.08 bits per heavy atom. The van der Waals surface area contributed by atoms with Crippen LogP contribution >= 0.6 is 0 Å². The minimum absolute atomic E-state index is 0.0232. The normalized spacial score (nSPS) is 21.3. The minimum Gasteiger partial charge on any atom is -0.457 e. The van der Waals surface area contributed by atoms with Gasteiger partial charge in [-0.3, -0.25) is 34.3 Å². The van der Waals surface area contributed by atoms with Gasteiger partial charge in [0.25, 0.3) is 11.8 Å². The van der Waals surface area contributed by atoms with E-state index in [0.29, 0.717) is 24.9 Å². The molecule has 0 saturated carbocycles. The molecule has 1 unspecified atom stereocenters. The largest absolute Gasteiger partial charge is 0.457 e. The molecule has 1 atom stereocenters. The Hall–Kier alpha value is -6.26. The number of nitrogen functional groups attached to an aromatic ring is 1. The van der Waals surface area contributed by atoms with Crippen molar-refractivity contribution in [3.05, 3.63) is 90.0 Å². The van der Waals surface area contributed by atoms with E-state index in [-0.39, 0.29) is 41.7 Å². The number of nitrogens with two attached hydrogens (primary N) is 1. The van der Waals surface area contributed by atoms with Gasteiger partial charge in [0.1, 0.15) is 41.2 Å². The van der Waals surface area contributed by atoms with Gasteiger partial charge in [-0.1, -0.05) is 18.2 Å². The second kappa shape index (κ2) is 14.8. The molecule has 0 radical (unpaired) electrons. The lowest BCUT2D eigenvalue weighted by atomic mass is 9.95. The number of carbonyl (C=O) groups is 4. The summed E-state index contributed by atoms with van der Waals surface area (Å²) in [5.74, 6) is -1.16. The molecule has 5 aliphatic heterocycles. The predicted octanol–water partition coefficient (Wildman–Crippen LogP) is 4.40. The van der Waals surface area contributed by atoms with E-state index in [1.807, 2.05) is 64.2 Å². The zero-order valence-electron chi connectivity index (χ0n) is 32.3. The molecule has 0 aliphatic carbocycles. The number of piperidine rings is 3. The summed E-state index contributed by atoms with van der Waals surface area (Å²) in [6, 6.07) is 19.9. The second-order valence-corrected chi connectivity index (χ2v) is 16.1. The van der Waals surface area contributed by atoms with E-state index in [1.165, 1.54) is 12.4 Å². The molecule has 5 aliphatic rings. The standard InChI is InChI=1S/C43H43FN10O5/c44-33-20-31-32(43(58)53(42(31)57)34-10-11-36(55)48-41(34)56)21-35(33)52-22-28(23-52)51-16-12-26(13-17-51)50-18-14-27(15-19-50)54-40-37(39(45)46-24-47-40)38(49-54)25-6-8-30(9-7-25)59-29-4-2-1-3-5-29/h1-9,20-21,24,26-28,34H,10-19,22-23H2,(H2,45,46,47)(H,48,55,56). The summed E-state index contributed by atoms with van der Waals surface area (Å²) >= 11 is 0. The van der Waals surface area contributed by atoms with Gasteiger partial charge in [-0.05, 0) is 80.6 Å². The van der Waals surface area contributed by atoms with Crippen molar-refractivity contribution in [3.63, 3.8) is 0 Å². The average molecular weight is 799 g/mol. The molecule has 15 nitrogen and oxygen atoms in total. The molecule has 5 aromatic rings. The molecule has 2 aromatic heterocycles. The summed E-state index contributed by atoms with van der Waals surface area (Å²) in [7, 11) is 0. The molecule has 59 heavy (non-hydrogen) atoms. The fourth-order valence-corrected chi connectivity index (χ4v) is 9.47. The summed E-state index contributed by atoms with van der Waals surface area (Å²) in [5, 5.41) is 8.05. The highest BCUT2D eigenvalue weighted by Gasteiger charge is 2.46. The van der Waals surface area contributed by atoms with Gasteiger partial charge in [-0.2, -0.15) is 5.10 Å². The Morgan fingerprint density at radius 2 is 1.39 bits per heavy atom. The van der Waals surface area contributed by atoms with Crippen LogP contribution in [0.1, 0.15) is 65.3 Å². The Labute approximate surface area is 338 Å². The van der Waals surface area contributed by atoms with E-state index in [9.17, 15) is 19.2 Å². The highest BCUT2D eigenvalue weighted by Crippen LogP contribution is 2.38. The molecule has 10 rings (SSSR count). The van der Waals surface area contributed by atoms with Crippen LogP contribution in [-0.2, 0) is 9.59 Å². The number of hydrogen-bond acceptors (Lipinski definition) is 12. The van der Waals surface area contributed by atoms with Crippen LogP contribution in [0, 0.1) is 5.82 Å². The highest BCUT2D eigenvalue weighted by molar-refractivity contribution is 6.23. The van der Waals surface area contributed by atoms with Crippen LogP contribution in [0.2, 0.25) is 0 Å². The molecule has 3 N–H and O–H groups in total. The number of halogens is 1. The van der Waals surface area contributed by atoms with Crippen LogP contribution in [0.3, 0.4) is 0 Å². The molecule has 4 saturated heterocycles. The lowest BCUT2D eigenvalue weighted by Gasteiger charge is -2.50. The monoisotopic (exact) mass is 798 g/mol. The molecule has 3 aromatic carbocycles. The third kappa shape index (κ3) is 6.65. The fraction of sp³-hybridized carbons (Fsp3) is 0.372. The summed E-state index contributed by atoms with van der Waals surface area (Å²) in [6.07, 6.45) is 5.54. The van der Waals surface area contributed by atoms with Crippen LogP contribution in [0.25, 0.3) is 22.3 Å². The van der Waals surface area contributed by atoms with E-state index < -0.39 is 35.5 Å². The lowest BCUT2D eigenvalue weighted by molar-refractivity contribution is -0.136. The smallest absolute Gasteiger partial charge is 0.262 e. The van der Waals surface area contributed by atoms with Crippen LogP contribution in [0.15, 0.2) is 73.1 Å². The van der Waals surface area contributed by atoms with Crippen molar-refractivity contribution in [1.82, 2.24) is 39.8 Å². The first kappa shape index (κ1) is 37.0. The number of ether oxygens (including phenoxy) is 1. The van der Waals surface area contributed by atoms with Crippen LogP contribution in [0.4, 0.5) is 15.9 Å². The Balaban J connectivity index is 0.740. The Morgan fingerprint density at radius 1 is 0.746 bits per heavy atom. The number of anilines is 2. The number of benzene rings is 3. The zero-order chi connectivity index (χ0) is 40.4. The summed E-state index contributed by atoms with van der Waals surface area (Å²) in [4.78, 5) is 67.3. The van der Waals surface area contributed by atoms with Gasteiger partial charge in [0.15, 0.2) is 5.65 Å². The molecular weight excluding hydrogens is 756 g/mol. The summed E-state index contributed by atoms with van der Waals surface area (Å²) in [5.41, 5.74) is 9.16. The van der Waals surface area contributed by atoms with Crippen LogP contribution < -0.4 is 20.7 Å². The molecule has 4 amide bonds. The number of carbonyl (C=O) groups excluding carboxylic acids is 4. The van der Waals surface area contributed by atoms with Gasteiger partial charge in [0, 0.05) is 63.3 Å².